The average molecular weight is 210 g/mol. The van der Waals surface area contributed by atoms with Crippen molar-refractivity contribution in [2.75, 3.05) is 6.61 Å². The number of carbonyl (C=O) groups is 1. The van der Waals surface area contributed by atoms with E-state index in [4.69, 9.17) is 4.74 Å². The highest BCUT2D eigenvalue weighted by atomic mass is 16.5. The highest BCUT2D eigenvalue weighted by Crippen LogP contribution is 2.16. The standard InChI is InChI=1S/C11H18N2O2/c1-6-15-11(14)10(5)13-9(4)7(2)8(3)12-13/h10H,6H2,1-5H3. The quantitative estimate of drug-likeness (QED) is 0.716. The fourth-order valence-electron chi connectivity index (χ4n) is 1.49. The molecule has 1 unspecified atom stereocenters. The van der Waals surface area contributed by atoms with Gasteiger partial charge >= 0.3 is 5.97 Å². The van der Waals surface area contributed by atoms with Gasteiger partial charge in [0.05, 0.1) is 12.3 Å². The van der Waals surface area contributed by atoms with Gasteiger partial charge in [-0.15, -0.1) is 0 Å². The topological polar surface area (TPSA) is 44.1 Å². The Kier molecular flexibility index (Phi) is 3.50. The maximum Gasteiger partial charge on any atom is 0.330 e. The van der Waals surface area contributed by atoms with Crippen LogP contribution >= 0.6 is 0 Å². The second kappa shape index (κ2) is 4.47. The third-order valence-electron chi connectivity index (χ3n) is 2.68. The summed E-state index contributed by atoms with van der Waals surface area (Å²) in [6.07, 6.45) is 0. The normalized spacial score (nSPS) is 12.6. The summed E-state index contributed by atoms with van der Waals surface area (Å²) in [7, 11) is 0. The van der Waals surface area contributed by atoms with Crippen LogP contribution in [0.15, 0.2) is 0 Å². The van der Waals surface area contributed by atoms with E-state index in [9.17, 15) is 4.79 Å². The molecule has 1 heterocycles. The van der Waals surface area contributed by atoms with Crippen molar-refractivity contribution in [3.8, 4) is 0 Å². The van der Waals surface area contributed by atoms with Crippen molar-refractivity contribution < 1.29 is 9.53 Å². The Morgan fingerprint density at radius 1 is 1.47 bits per heavy atom. The maximum atomic E-state index is 11.5. The second-order valence-corrected chi connectivity index (χ2v) is 3.67. The molecule has 1 aromatic heterocycles. The van der Waals surface area contributed by atoms with Crippen LogP contribution in [0.2, 0.25) is 0 Å². The molecule has 0 saturated carbocycles. The zero-order valence-corrected chi connectivity index (χ0v) is 10.00. The highest BCUT2D eigenvalue weighted by Gasteiger charge is 2.20. The van der Waals surface area contributed by atoms with Crippen LogP contribution < -0.4 is 0 Å². The lowest BCUT2D eigenvalue weighted by Gasteiger charge is -2.12. The van der Waals surface area contributed by atoms with Crippen molar-refractivity contribution in [1.29, 1.82) is 0 Å². The summed E-state index contributed by atoms with van der Waals surface area (Å²) in [4.78, 5) is 11.5. The number of rotatable bonds is 3. The van der Waals surface area contributed by atoms with Crippen LogP contribution in [-0.4, -0.2) is 22.4 Å². The summed E-state index contributed by atoms with van der Waals surface area (Å²) in [5.41, 5.74) is 3.11. The Bertz CT molecular complexity index is 369. The van der Waals surface area contributed by atoms with Crippen LogP contribution in [0.3, 0.4) is 0 Å². The summed E-state index contributed by atoms with van der Waals surface area (Å²) in [6, 6.07) is -0.350. The fourth-order valence-corrected chi connectivity index (χ4v) is 1.49. The summed E-state index contributed by atoms with van der Waals surface area (Å²) in [6.45, 7) is 9.92. The Hall–Kier alpha value is -1.32. The smallest absolute Gasteiger partial charge is 0.330 e. The van der Waals surface area contributed by atoms with Crippen LogP contribution in [0.5, 0.6) is 0 Å². The monoisotopic (exact) mass is 210 g/mol. The van der Waals surface area contributed by atoms with E-state index in [-0.39, 0.29) is 12.0 Å². The van der Waals surface area contributed by atoms with Crippen LogP contribution in [0, 0.1) is 20.8 Å². The van der Waals surface area contributed by atoms with E-state index in [1.165, 1.54) is 0 Å². The predicted molar refractivity (Wildman–Crippen MR) is 57.8 cm³/mol. The zero-order valence-electron chi connectivity index (χ0n) is 10.00. The van der Waals surface area contributed by atoms with Gasteiger partial charge in [-0.1, -0.05) is 0 Å². The van der Waals surface area contributed by atoms with E-state index >= 15 is 0 Å². The molecule has 1 rings (SSSR count). The Morgan fingerprint density at radius 2 is 2.07 bits per heavy atom. The first-order chi connectivity index (χ1) is 6.99. The lowest BCUT2D eigenvalue weighted by Crippen LogP contribution is -2.21. The molecule has 4 nitrogen and oxygen atoms in total. The molecule has 4 heteroatoms. The molecule has 0 aliphatic rings. The molecule has 0 saturated heterocycles. The molecule has 0 N–H and O–H groups in total. The van der Waals surface area contributed by atoms with Gasteiger partial charge in [0.2, 0.25) is 0 Å². The third-order valence-corrected chi connectivity index (χ3v) is 2.68. The molecule has 15 heavy (non-hydrogen) atoms. The average Bonchev–Trinajstić information content (AvgIpc) is 2.45. The van der Waals surface area contributed by atoms with E-state index in [2.05, 4.69) is 5.10 Å². The number of hydrogen-bond acceptors (Lipinski definition) is 3. The Balaban J connectivity index is 2.96. The summed E-state index contributed by atoms with van der Waals surface area (Å²) < 4.78 is 6.69. The Labute approximate surface area is 90.2 Å². The van der Waals surface area contributed by atoms with Crippen molar-refractivity contribution in [3.63, 3.8) is 0 Å². The van der Waals surface area contributed by atoms with Crippen LogP contribution in [-0.2, 0) is 9.53 Å². The van der Waals surface area contributed by atoms with Gasteiger partial charge in [0.25, 0.3) is 0 Å². The number of esters is 1. The number of aryl methyl sites for hydroxylation is 1. The molecule has 84 valence electrons. The van der Waals surface area contributed by atoms with Crippen LogP contribution in [0.1, 0.15) is 36.8 Å². The molecule has 1 atom stereocenters. The van der Waals surface area contributed by atoms with Gasteiger partial charge in [0, 0.05) is 5.69 Å². The highest BCUT2D eigenvalue weighted by molar-refractivity contribution is 5.73. The minimum absolute atomic E-state index is 0.233. The van der Waals surface area contributed by atoms with Crippen LogP contribution in [0.25, 0.3) is 0 Å². The molecule has 0 aromatic carbocycles. The van der Waals surface area contributed by atoms with Gasteiger partial charge in [-0.2, -0.15) is 5.10 Å². The minimum atomic E-state index is -0.350. The number of hydrogen-bond donors (Lipinski definition) is 0. The van der Waals surface area contributed by atoms with Gasteiger partial charge in [-0.05, 0) is 40.2 Å². The van der Waals surface area contributed by atoms with E-state index in [0.717, 1.165) is 17.0 Å². The predicted octanol–water partition coefficient (Wildman–Crippen LogP) is 1.93. The fraction of sp³-hybridized carbons (Fsp3) is 0.636. The van der Waals surface area contributed by atoms with Crippen molar-refractivity contribution in [3.05, 3.63) is 17.0 Å². The van der Waals surface area contributed by atoms with Crippen molar-refractivity contribution in [2.24, 2.45) is 0 Å². The van der Waals surface area contributed by atoms with Gasteiger partial charge < -0.3 is 4.74 Å². The van der Waals surface area contributed by atoms with Crippen molar-refractivity contribution in [1.82, 2.24) is 9.78 Å². The SMILES string of the molecule is CCOC(=O)C(C)n1nc(C)c(C)c1C. The lowest BCUT2D eigenvalue weighted by molar-refractivity contribution is -0.146. The maximum absolute atomic E-state index is 11.5. The van der Waals surface area contributed by atoms with E-state index in [0.29, 0.717) is 6.61 Å². The first-order valence-electron chi connectivity index (χ1n) is 5.18. The first kappa shape index (κ1) is 11.8. The molecule has 0 spiro atoms. The first-order valence-corrected chi connectivity index (χ1v) is 5.18. The molecule has 0 radical (unpaired) electrons. The summed E-state index contributed by atoms with van der Waals surface area (Å²) in [5.74, 6) is -0.233. The molecule has 0 amide bonds. The van der Waals surface area contributed by atoms with Gasteiger partial charge in [0.15, 0.2) is 0 Å². The van der Waals surface area contributed by atoms with E-state index < -0.39 is 0 Å². The molecular formula is C11H18N2O2. The molecule has 1 aromatic rings. The molecule has 0 aliphatic carbocycles. The number of aromatic nitrogens is 2. The number of nitrogens with zero attached hydrogens (tertiary/aromatic N) is 2. The molecule has 0 fully saturated rings. The van der Waals surface area contributed by atoms with E-state index in [1.807, 2.05) is 20.8 Å². The van der Waals surface area contributed by atoms with E-state index in [1.54, 1.807) is 18.5 Å². The van der Waals surface area contributed by atoms with Gasteiger partial charge in [0.1, 0.15) is 6.04 Å². The van der Waals surface area contributed by atoms with Crippen molar-refractivity contribution >= 4 is 5.97 Å². The molecular weight excluding hydrogens is 192 g/mol. The zero-order chi connectivity index (χ0) is 11.6. The Morgan fingerprint density at radius 3 is 2.47 bits per heavy atom. The van der Waals surface area contributed by atoms with Gasteiger partial charge in [-0.3, -0.25) is 4.68 Å². The minimum Gasteiger partial charge on any atom is -0.464 e. The number of ether oxygens (including phenoxy) is 1. The second-order valence-electron chi connectivity index (χ2n) is 3.67. The summed E-state index contributed by atoms with van der Waals surface area (Å²) >= 11 is 0. The van der Waals surface area contributed by atoms with Crippen LogP contribution in [0.4, 0.5) is 0 Å². The van der Waals surface area contributed by atoms with Gasteiger partial charge in [-0.25, -0.2) is 4.79 Å². The number of carbonyl (C=O) groups excluding carboxylic acids is 1. The lowest BCUT2D eigenvalue weighted by atomic mass is 10.2. The third kappa shape index (κ3) is 2.19. The molecule has 0 bridgehead atoms. The summed E-state index contributed by atoms with van der Waals surface area (Å²) in [5, 5.41) is 4.33. The van der Waals surface area contributed by atoms with Crippen molar-refractivity contribution in [2.45, 2.75) is 40.7 Å². The molecule has 0 aliphatic heterocycles. The largest absolute Gasteiger partial charge is 0.464 e.